The number of hydrogen-bond acceptors (Lipinski definition) is 3. The van der Waals surface area contributed by atoms with Gasteiger partial charge in [-0.15, -0.1) is 0 Å². The van der Waals surface area contributed by atoms with E-state index in [0.29, 0.717) is 0 Å². The minimum absolute atomic E-state index is 0.169. The first kappa shape index (κ1) is 15.8. The first-order valence-electron chi connectivity index (χ1n) is 8.34. The van der Waals surface area contributed by atoms with Gasteiger partial charge in [0, 0.05) is 18.6 Å². The second-order valence-electron chi connectivity index (χ2n) is 6.59. The molecule has 4 nitrogen and oxygen atoms in total. The molecule has 0 spiro atoms. The van der Waals surface area contributed by atoms with Crippen LogP contribution in [0.2, 0.25) is 0 Å². The molecule has 0 aromatic rings. The Morgan fingerprint density at radius 2 is 2.00 bits per heavy atom. The largest absolute Gasteiger partial charge is 0.396 e. The van der Waals surface area contributed by atoms with Gasteiger partial charge in [0.15, 0.2) is 0 Å². The smallest absolute Gasteiger partial charge is 0.226 e. The van der Waals surface area contributed by atoms with Gasteiger partial charge in [-0.25, -0.2) is 0 Å². The van der Waals surface area contributed by atoms with Gasteiger partial charge in [-0.1, -0.05) is 26.2 Å². The first-order valence-corrected chi connectivity index (χ1v) is 8.34. The van der Waals surface area contributed by atoms with Gasteiger partial charge in [0.2, 0.25) is 5.91 Å². The van der Waals surface area contributed by atoms with Crippen molar-refractivity contribution in [2.24, 2.45) is 11.3 Å². The van der Waals surface area contributed by atoms with E-state index in [1.54, 1.807) is 0 Å². The summed E-state index contributed by atoms with van der Waals surface area (Å²) in [5.74, 6) is 0.499. The molecule has 0 radical (unpaired) electrons. The molecule has 1 amide bonds. The summed E-state index contributed by atoms with van der Waals surface area (Å²) in [4.78, 5) is 12.8. The highest BCUT2D eigenvalue weighted by molar-refractivity contribution is 5.83. The number of hydrogen-bond donors (Lipinski definition) is 3. The summed E-state index contributed by atoms with van der Waals surface area (Å²) in [6.07, 6.45) is 8.36. The highest BCUT2D eigenvalue weighted by Crippen LogP contribution is 2.35. The average Bonchev–Trinajstić information content (AvgIpc) is 2.49. The molecule has 0 aromatic heterocycles. The van der Waals surface area contributed by atoms with Crippen LogP contribution in [-0.2, 0) is 4.79 Å². The van der Waals surface area contributed by atoms with Gasteiger partial charge in [0.25, 0.3) is 0 Å². The molecule has 2 atom stereocenters. The quantitative estimate of drug-likeness (QED) is 0.721. The monoisotopic (exact) mass is 282 g/mol. The van der Waals surface area contributed by atoms with Gasteiger partial charge >= 0.3 is 0 Å². The van der Waals surface area contributed by atoms with Gasteiger partial charge in [-0.2, -0.15) is 0 Å². The molecular weight excluding hydrogens is 252 g/mol. The third kappa shape index (κ3) is 3.53. The lowest BCUT2D eigenvalue weighted by atomic mass is 9.74. The van der Waals surface area contributed by atoms with Crippen molar-refractivity contribution in [1.82, 2.24) is 10.6 Å². The third-order valence-electron chi connectivity index (χ3n) is 5.23. The highest BCUT2D eigenvalue weighted by Gasteiger charge is 2.40. The molecule has 1 heterocycles. The zero-order valence-corrected chi connectivity index (χ0v) is 12.8. The van der Waals surface area contributed by atoms with Crippen molar-refractivity contribution in [2.75, 3.05) is 19.7 Å². The number of aliphatic hydroxyl groups is 1. The van der Waals surface area contributed by atoms with E-state index in [4.69, 9.17) is 0 Å². The lowest BCUT2D eigenvalue weighted by Gasteiger charge is -2.39. The van der Waals surface area contributed by atoms with Crippen LogP contribution in [0.4, 0.5) is 0 Å². The van der Waals surface area contributed by atoms with E-state index in [9.17, 15) is 9.90 Å². The zero-order chi connectivity index (χ0) is 14.4. The maximum atomic E-state index is 12.8. The molecule has 20 heavy (non-hydrogen) atoms. The van der Waals surface area contributed by atoms with Crippen molar-refractivity contribution in [3.8, 4) is 0 Å². The molecule has 0 aromatic carbocycles. The maximum Gasteiger partial charge on any atom is 0.226 e. The lowest BCUT2D eigenvalue weighted by molar-refractivity contribution is -0.134. The van der Waals surface area contributed by atoms with Crippen LogP contribution >= 0.6 is 0 Å². The Morgan fingerprint density at radius 1 is 1.30 bits per heavy atom. The second-order valence-corrected chi connectivity index (χ2v) is 6.59. The predicted molar refractivity (Wildman–Crippen MR) is 80.4 cm³/mol. The topological polar surface area (TPSA) is 61.4 Å². The zero-order valence-electron chi connectivity index (χ0n) is 12.8. The van der Waals surface area contributed by atoms with Crippen molar-refractivity contribution in [2.45, 2.75) is 64.3 Å². The van der Waals surface area contributed by atoms with Crippen molar-refractivity contribution < 1.29 is 9.90 Å². The summed E-state index contributed by atoms with van der Waals surface area (Å²) in [7, 11) is 0. The SMILES string of the molecule is CCCC1(C(=O)NC2CCCCC2CO)CCNCC1. The van der Waals surface area contributed by atoms with E-state index in [1.807, 2.05) is 0 Å². The number of carbonyl (C=O) groups excluding carboxylic acids is 1. The Balaban J connectivity index is 2.00. The fraction of sp³-hybridized carbons (Fsp3) is 0.938. The molecule has 1 saturated heterocycles. The Bertz CT molecular complexity index is 308. The molecular formula is C16H30N2O2. The summed E-state index contributed by atoms with van der Waals surface area (Å²) in [5, 5.41) is 16.1. The first-order chi connectivity index (χ1) is 9.72. The van der Waals surface area contributed by atoms with E-state index >= 15 is 0 Å². The van der Waals surface area contributed by atoms with Crippen molar-refractivity contribution in [3.63, 3.8) is 0 Å². The molecule has 1 aliphatic heterocycles. The van der Waals surface area contributed by atoms with Crippen LogP contribution in [0, 0.1) is 11.3 Å². The van der Waals surface area contributed by atoms with E-state index in [2.05, 4.69) is 17.6 Å². The van der Waals surface area contributed by atoms with E-state index in [0.717, 1.165) is 51.6 Å². The third-order valence-corrected chi connectivity index (χ3v) is 5.23. The van der Waals surface area contributed by atoms with Crippen LogP contribution < -0.4 is 10.6 Å². The van der Waals surface area contributed by atoms with E-state index in [-0.39, 0.29) is 29.9 Å². The highest BCUT2D eigenvalue weighted by atomic mass is 16.3. The van der Waals surface area contributed by atoms with Crippen LogP contribution in [-0.4, -0.2) is 36.8 Å². The Hall–Kier alpha value is -0.610. The van der Waals surface area contributed by atoms with Crippen LogP contribution in [0.25, 0.3) is 0 Å². The number of piperidine rings is 1. The standard InChI is InChI=1S/C16H30N2O2/c1-2-7-16(8-10-17-11-9-16)15(20)18-14-6-4-3-5-13(14)12-19/h13-14,17,19H,2-12H2,1H3,(H,18,20). The predicted octanol–water partition coefficient (Wildman–Crippen LogP) is 1.82. The van der Waals surface area contributed by atoms with E-state index in [1.165, 1.54) is 12.8 Å². The Morgan fingerprint density at radius 3 is 2.65 bits per heavy atom. The molecule has 2 unspecified atom stereocenters. The molecule has 2 aliphatic rings. The summed E-state index contributed by atoms with van der Waals surface area (Å²) in [6, 6.07) is 0.185. The van der Waals surface area contributed by atoms with Crippen LogP contribution in [0.3, 0.4) is 0 Å². The fourth-order valence-corrected chi connectivity index (χ4v) is 3.91. The Labute approximate surface area is 122 Å². The summed E-state index contributed by atoms with van der Waals surface area (Å²) >= 11 is 0. The normalized spacial score (nSPS) is 29.9. The van der Waals surface area contributed by atoms with Crippen LogP contribution in [0.1, 0.15) is 58.3 Å². The van der Waals surface area contributed by atoms with Crippen molar-refractivity contribution in [1.29, 1.82) is 0 Å². The fourth-order valence-electron chi connectivity index (χ4n) is 3.91. The van der Waals surface area contributed by atoms with Gasteiger partial charge < -0.3 is 15.7 Å². The number of nitrogens with one attached hydrogen (secondary N) is 2. The van der Waals surface area contributed by atoms with Crippen molar-refractivity contribution >= 4 is 5.91 Å². The van der Waals surface area contributed by atoms with Crippen LogP contribution in [0.15, 0.2) is 0 Å². The minimum Gasteiger partial charge on any atom is -0.396 e. The van der Waals surface area contributed by atoms with E-state index < -0.39 is 0 Å². The lowest BCUT2D eigenvalue weighted by Crippen LogP contribution is -2.52. The number of carbonyl (C=O) groups is 1. The van der Waals surface area contributed by atoms with Gasteiger partial charge in [0.05, 0.1) is 5.41 Å². The minimum atomic E-state index is -0.169. The molecule has 0 bridgehead atoms. The van der Waals surface area contributed by atoms with Gasteiger partial charge in [-0.3, -0.25) is 4.79 Å². The van der Waals surface area contributed by atoms with Crippen molar-refractivity contribution in [3.05, 3.63) is 0 Å². The molecule has 3 N–H and O–H groups in total. The molecule has 2 fully saturated rings. The summed E-state index contributed by atoms with van der Waals surface area (Å²) in [5.41, 5.74) is -0.169. The summed E-state index contributed by atoms with van der Waals surface area (Å²) < 4.78 is 0. The maximum absolute atomic E-state index is 12.8. The van der Waals surface area contributed by atoms with Gasteiger partial charge in [-0.05, 0) is 45.2 Å². The number of rotatable bonds is 5. The molecule has 2 rings (SSSR count). The van der Waals surface area contributed by atoms with Crippen LogP contribution in [0.5, 0.6) is 0 Å². The number of aliphatic hydroxyl groups excluding tert-OH is 1. The molecule has 4 heteroatoms. The molecule has 1 saturated carbocycles. The summed E-state index contributed by atoms with van der Waals surface area (Å²) in [6.45, 7) is 4.25. The average molecular weight is 282 g/mol. The van der Waals surface area contributed by atoms with Gasteiger partial charge in [0.1, 0.15) is 0 Å². The molecule has 116 valence electrons. The Kier molecular flexibility index (Phi) is 5.85. The molecule has 1 aliphatic carbocycles. The second kappa shape index (κ2) is 7.41. The number of amides is 1.